The molecule has 2 N–H and O–H groups in total. The van der Waals surface area contributed by atoms with Crippen molar-refractivity contribution in [3.8, 4) is 5.75 Å². The van der Waals surface area contributed by atoms with Gasteiger partial charge < -0.3 is 15.4 Å². The number of hydrogen-bond donors (Lipinski definition) is 2. The Bertz CT molecular complexity index is 746. The minimum absolute atomic E-state index is 0.136. The molecule has 0 radical (unpaired) electrons. The van der Waals surface area contributed by atoms with Gasteiger partial charge in [0.25, 0.3) is 5.91 Å². The lowest BCUT2D eigenvalue weighted by atomic mass is 10.1. The number of carbonyl (C=O) groups excluding carboxylic acids is 2. The highest BCUT2D eigenvalue weighted by Gasteiger charge is 2.11. The normalized spacial score (nSPS) is 10.2. The van der Waals surface area contributed by atoms with Crippen LogP contribution < -0.4 is 15.4 Å². The summed E-state index contributed by atoms with van der Waals surface area (Å²) in [4.78, 5) is 23.4. The van der Waals surface area contributed by atoms with E-state index in [0.29, 0.717) is 11.4 Å². The van der Waals surface area contributed by atoms with E-state index in [4.69, 9.17) is 4.74 Å². The number of hydrogen-bond acceptors (Lipinski definition) is 3. The van der Waals surface area contributed by atoms with Crippen molar-refractivity contribution < 1.29 is 14.3 Å². The fourth-order valence-corrected chi connectivity index (χ4v) is 2.58. The Hall–Kier alpha value is -2.82. The molecule has 0 spiro atoms. The standard InChI is InChI=1S/C19H22N2O3/c1-12-9-13(2)19(14(3)10-12)21-18(23)11-24-17-8-6-5-7-16(17)20-15(4)22/h5-10H,11H2,1-4H3,(H,20,22)(H,21,23). The largest absolute Gasteiger partial charge is 0.482 e. The molecule has 0 saturated carbocycles. The molecule has 0 atom stereocenters. The average Bonchev–Trinajstić information content (AvgIpc) is 2.49. The van der Waals surface area contributed by atoms with Crippen molar-refractivity contribution >= 4 is 23.2 Å². The summed E-state index contributed by atoms with van der Waals surface area (Å²) in [5, 5.41) is 5.56. The molecule has 0 heterocycles. The van der Waals surface area contributed by atoms with Crippen LogP contribution in [0.4, 0.5) is 11.4 Å². The van der Waals surface area contributed by atoms with Gasteiger partial charge in [-0.1, -0.05) is 29.8 Å². The van der Waals surface area contributed by atoms with Crippen molar-refractivity contribution in [1.82, 2.24) is 0 Å². The van der Waals surface area contributed by atoms with Crippen molar-refractivity contribution in [1.29, 1.82) is 0 Å². The number of nitrogens with one attached hydrogen (secondary N) is 2. The predicted molar refractivity (Wildman–Crippen MR) is 95.5 cm³/mol. The lowest BCUT2D eigenvalue weighted by Gasteiger charge is -2.14. The maximum Gasteiger partial charge on any atom is 0.262 e. The minimum Gasteiger partial charge on any atom is -0.482 e. The molecule has 2 amide bonds. The molecule has 0 aromatic heterocycles. The summed E-state index contributed by atoms with van der Waals surface area (Å²) >= 11 is 0. The average molecular weight is 326 g/mol. The van der Waals surface area contributed by atoms with E-state index in [-0.39, 0.29) is 18.4 Å². The Kier molecular flexibility index (Phi) is 5.58. The quantitative estimate of drug-likeness (QED) is 0.882. The molecular formula is C19H22N2O3. The van der Waals surface area contributed by atoms with Crippen LogP contribution in [-0.2, 0) is 9.59 Å². The van der Waals surface area contributed by atoms with Gasteiger partial charge in [-0.25, -0.2) is 0 Å². The van der Waals surface area contributed by atoms with Crippen molar-refractivity contribution in [3.05, 3.63) is 53.1 Å². The topological polar surface area (TPSA) is 67.4 Å². The number of amides is 2. The molecule has 0 fully saturated rings. The molecule has 126 valence electrons. The molecular weight excluding hydrogens is 304 g/mol. The molecule has 2 rings (SSSR count). The van der Waals surface area contributed by atoms with Gasteiger partial charge >= 0.3 is 0 Å². The summed E-state index contributed by atoms with van der Waals surface area (Å²) in [5.74, 6) is 0.0179. The van der Waals surface area contributed by atoms with E-state index >= 15 is 0 Å². The van der Waals surface area contributed by atoms with Crippen LogP contribution in [0.15, 0.2) is 36.4 Å². The van der Waals surface area contributed by atoms with Gasteiger partial charge in [-0.05, 0) is 44.0 Å². The van der Waals surface area contributed by atoms with Gasteiger partial charge in [-0.2, -0.15) is 0 Å². The molecule has 5 heteroatoms. The van der Waals surface area contributed by atoms with Gasteiger partial charge in [0.15, 0.2) is 6.61 Å². The van der Waals surface area contributed by atoms with Gasteiger partial charge in [0, 0.05) is 12.6 Å². The number of carbonyl (C=O) groups is 2. The highest BCUT2D eigenvalue weighted by Crippen LogP contribution is 2.24. The van der Waals surface area contributed by atoms with Gasteiger partial charge in [-0.15, -0.1) is 0 Å². The van der Waals surface area contributed by atoms with Gasteiger partial charge in [0.05, 0.1) is 5.69 Å². The van der Waals surface area contributed by atoms with Crippen molar-refractivity contribution in [3.63, 3.8) is 0 Å². The second-order valence-electron chi connectivity index (χ2n) is 5.79. The third-order valence-corrected chi connectivity index (χ3v) is 3.50. The molecule has 0 unspecified atom stereocenters. The number of rotatable bonds is 5. The summed E-state index contributed by atoms with van der Waals surface area (Å²) in [6.07, 6.45) is 0. The lowest BCUT2D eigenvalue weighted by molar-refractivity contribution is -0.118. The first kappa shape index (κ1) is 17.5. The van der Waals surface area contributed by atoms with Crippen molar-refractivity contribution in [2.24, 2.45) is 0 Å². The van der Waals surface area contributed by atoms with E-state index < -0.39 is 0 Å². The first-order valence-corrected chi connectivity index (χ1v) is 7.74. The van der Waals surface area contributed by atoms with E-state index in [0.717, 1.165) is 22.4 Å². The number of anilines is 2. The monoisotopic (exact) mass is 326 g/mol. The highest BCUT2D eigenvalue weighted by molar-refractivity contribution is 5.94. The SMILES string of the molecule is CC(=O)Nc1ccccc1OCC(=O)Nc1c(C)cc(C)cc1C. The van der Waals surface area contributed by atoms with Crippen LogP contribution in [-0.4, -0.2) is 18.4 Å². The number of ether oxygens (including phenoxy) is 1. The molecule has 0 aliphatic heterocycles. The fraction of sp³-hybridized carbons (Fsp3) is 0.263. The first-order chi connectivity index (χ1) is 11.4. The Labute approximate surface area is 142 Å². The van der Waals surface area contributed by atoms with Crippen LogP contribution in [0.5, 0.6) is 5.75 Å². The Balaban J connectivity index is 2.03. The zero-order valence-electron chi connectivity index (χ0n) is 14.4. The van der Waals surface area contributed by atoms with Crippen LogP contribution in [0.2, 0.25) is 0 Å². The van der Waals surface area contributed by atoms with E-state index in [9.17, 15) is 9.59 Å². The Morgan fingerprint density at radius 2 is 1.62 bits per heavy atom. The number of benzene rings is 2. The highest BCUT2D eigenvalue weighted by atomic mass is 16.5. The zero-order chi connectivity index (χ0) is 17.7. The summed E-state index contributed by atoms with van der Waals surface area (Å²) in [6.45, 7) is 7.23. The lowest BCUT2D eigenvalue weighted by Crippen LogP contribution is -2.21. The third kappa shape index (κ3) is 4.59. The second-order valence-corrected chi connectivity index (χ2v) is 5.79. The molecule has 5 nitrogen and oxygen atoms in total. The van der Waals surface area contributed by atoms with Crippen LogP contribution in [0.1, 0.15) is 23.6 Å². The van der Waals surface area contributed by atoms with Crippen LogP contribution >= 0.6 is 0 Å². The van der Waals surface area contributed by atoms with Gasteiger partial charge in [-0.3, -0.25) is 9.59 Å². The van der Waals surface area contributed by atoms with Crippen LogP contribution in [0.25, 0.3) is 0 Å². The van der Waals surface area contributed by atoms with E-state index in [1.165, 1.54) is 6.92 Å². The molecule has 2 aromatic carbocycles. The second kappa shape index (κ2) is 7.64. The summed E-state index contributed by atoms with van der Waals surface area (Å²) in [7, 11) is 0. The molecule has 0 bridgehead atoms. The van der Waals surface area contributed by atoms with Crippen molar-refractivity contribution in [2.45, 2.75) is 27.7 Å². The Morgan fingerprint density at radius 1 is 1.00 bits per heavy atom. The smallest absolute Gasteiger partial charge is 0.262 e. The zero-order valence-corrected chi connectivity index (χ0v) is 14.4. The van der Waals surface area contributed by atoms with E-state index in [1.54, 1.807) is 24.3 Å². The number of aryl methyl sites for hydroxylation is 3. The summed E-state index contributed by atoms with van der Waals surface area (Å²) in [6, 6.07) is 11.1. The fourth-order valence-electron chi connectivity index (χ4n) is 2.58. The molecule has 2 aromatic rings. The maximum atomic E-state index is 12.2. The molecule has 0 aliphatic carbocycles. The summed E-state index contributed by atoms with van der Waals surface area (Å²) in [5.41, 5.74) is 4.53. The van der Waals surface area contributed by atoms with E-state index in [1.807, 2.05) is 32.9 Å². The third-order valence-electron chi connectivity index (χ3n) is 3.50. The maximum absolute atomic E-state index is 12.2. The predicted octanol–water partition coefficient (Wildman–Crippen LogP) is 3.59. The van der Waals surface area contributed by atoms with Crippen molar-refractivity contribution in [2.75, 3.05) is 17.2 Å². The van der Waals surface area contributed by atoms with Gasteiger partial charge in [0.2, 0.25) is 5.91 Å². The van der Waals surface area contributed by atoms with Crippen LogP contribution in [0, 0.1) is 20.8 Å². The van der Waals surface area contributed by atoms with Crippen LogP contribution in [0.3, 0.4) is 0 Å². The Morgan fingerprint density at radius 3 is 2.25 bits per heavy atom. The minimum atomic E-state index is -0.248. The summed E-state index contributed by atoms with van der Waals surface area (Å²) < 4.78 is 5.55. The van der Waals surface area contributed by atoms with E-state index in [2.05, 4.69) is 10.6 Å². The molecule has 24 heavy (non-hydrogen) atoms. The van der Waals surface area contributed by atoms with Gasteiger partial charge in [0.1, 0.15) is 5.75 Å². The molecule has 0 saturated heterocycles. The first-order valence-electron chi connectivity index (χ1n) is 7.74. The number of para-hydroxylation sites is 2. The molecule has 0 aliphatic rings.